The molecule has 0 bridgehead atoms. The molecule has 1 aliphatic rings. The highest BCUT2D eigenvalue weighted by atomic mass is 19.1. The molecule has 106 valence electrons. The third-order valence-corrected chi connectivity index (χ3v) is 3.84. The van der Waals surface area contributed by atoms with Crippen molar-refractivity contribution in [3.63, 3.8) is 0 Å². The topological polar surface area (TPSA) is 27.3 Å². The van der Waals surface area contributed by atoms with Gasteiger partial charge in [0.05, 0.1) is 0 Å². The molecule has 0 aromatic heterocycles. The van der Waals surface area contributed by atoms with E-state index in [-0.39, 0.29) is 5.82 Å². The van der Waals surface area contributed by atoms with E-state index in [1.165, 1.54) is 5.56 Å². The fourth-order valence-electron chi connectivity index (χ4n) is 2.45. The normalized spacial score (nSPS) is 20.7. The van der Waals surface area contributed by atoms with Gasteiger partial charge in [0.15, 0.2) is 0 Å². The lowest BCUT2D eigenvalue weighted by atomic mass is 10.1. The Labute approximate surface area is 115 Å². The van der Waals surface area contributed by atoms with E-state index in [9.17, 15) is 4.39 Å². The van der Waals surface area contributed by atoms with Crippen LogP contribution in [0, 0.1) is 12.7 Å². The van der Waals surface area contributed by atoms with Crippen molar-refractivity contribution < 1.29 is 4.39 Å². The molecule has 1 unspecified atom stereocenters. The molecule has 0 saturated carbocycles. The van der Waals surface area contributed by atoms with Gasteiger partial charge in [0, 0.05) is 32.2 Å². The molecule has 1 aromatic rings. The minimum absolute atomic E-state index is 0.119. The summed E-state index contributed by atoms with van der Waals surface area (Å²) in [4.78, 5) is 2.39. The van der Waals surface area contributed by atoms with E-state index in [0.29, 0.717) is 6.04 Å². The Kier molecular flexibility index (Phi) is 5.31. The standard InChI is InChI=1S/C15H24FN3/c1-12-9-13(3-4-15(12)16)5-6-17-10-14-11-18-7-8-19(14)2/h3-4,9,14,17-18H,5-8,10-11H2,1-2H3. The molecule has 4 heteroatoms. The second kappa shape index (κ2) is 6.98. The zero-order valence-electron chi connectivity index (χ0n) is 11.9. The third kappa shape index (κ3) is 4.27. The average Bonchev–Trinajstić information content (AvgIpc) is 2.40. The van der Waals surface area contributed by atoms with Gasteiger partial charge in [-0.1, -0.05) is 12.1 Å². The zero-order valence-corrected chi connectivity index (χ0v) is 11.9. The molecule has 3 nitrogen and oxygen atoms in total. The van der Waals surface area contributed by atoms with E-state index >= 15 is 0 Å². The number of nitrogens with zero attached hydrogens (tertiary/aromatic N) is 1. The Bertz CT molecular complexity index is 408. The number of likely N-dealkylation sites (N-methyl/N-ethyl adjacent to an activating group) is 1. The zero-order chi connectivity index (χ0) is 13.7. The van der Waals surface area contributed by atoms with Gasteiger partial charge in [0.25, 0.3) is 0 Å². The molecule has 2 N–H and O–H groups in total. The predicted molar refractivity (Wildman–Crippen MR) is 77.0 cm³/mol. The van der Waals surface area contributed by atoms with Crippen molar-refractivity contribution >= 4 is 0 Å². The molecule has 0 radical (unpaired) electrons. The van der Waals surface area contributed by atoms with E-state index in [4.69, 9.17) is 0 Å². The summed E-state index contributed by atoms with van der Waals surface area (Å²) in [5.41, 5.74) is 1.93. The van der Waals surface area contributed by atoms with Gasteiger partial charge < -0.3 is 10.6 Å². The smallest absolute Gasteiger partial charge is 0.126 e. The molecule has 1 saturated heterocycles. The molecular weight excluding hydrogens is 241 g/mol. The van der Waals surface area contributed by atoms with Crippen molar-refractivity contribution in [3.05, 3.63) is 35.1 Å². The first-order chi connectivity index (χ1) is 9.16. The molecular formula is C15H24FN3. The second-order valence-electron chi connectivity index (χ2n) is 5.38. The SMILES string of the molecule is Cc1cc(CCNCC2CNCCN2C)ccc1F. The fourth-order valence-corrected chi connectivity index (χ4v) is 2.45. The van der Waals surface area contributed by atoms with Gasteiger partial charge in [0.1, 0.15) is 5.82 Å². The number of nitrogens with one attached hydrogen (secondary N) is 2. The lowest BCUT2D eigenvalue weighted by Gasteiger charge is -2.33. The monoisotopic (exact) mass is 265 g/mol. The number of rotatable bonds is 5. The van der Waals surface area contributed by atoms with Crippen LogP contribution in [0.4, 0.5) is 4.39 Å². The van der Waals surface area contributed by atoms with Crippen molar-refractivity contribution in [3.8, 4) is 0 Å². The van der Waals surface area contributed by atoms with Crippen molar-refractivity contribution in [1.82, 2.24) is 15.5 Å². The highest BCUT2D eigenvalue weighted by Crippen LogP contribution is 2.09. The highest BCUT2D eigenvalue weighted by Gasteiger charge is 2.17. The molecule has 0 spiro atoms. The van der Waals surface area contributed by atoms with Crippen molar-refractivity contribution in [1.29, 1.82) is 0 Å². The van der Waals surface area contributed by atoms with Crippen LogP contribution in [0.5, 0.6) is 0 Å². The van der Waals surface area contributed by atoms with Crippen LogP contribution in [0.25, 0.3) is 0 Å². The van der Waals surface area contributed by atoms with Crippen molar-refractivity contribution in [2.45, 2.75) is 19.4 Å². The van der Waals surface area contributed by atoms with Gasteiger partial charge in [-0.3, -0.25) is 4.90 Å². The van der Waals surface area contributed by atoms with Gasteiger partial charge in [-0.25, -0.2) is 4.39 Å². The summed E-state index contributed by atoms with van der Waals surface area (Å²) < 4.78 is 13.1. The molecule has 1 fully saturated rings. The molecule has 1 heterocycles. The Balaban J connectivity index is 1.70. The van der Waals surface area contributed by atoms with Gasteiger partial charge in [-0.2, -0.15) is 0 Å². The van der Waals surface area contributed by atoms with Crippen molar-refractivity contribution in [2.75, 3.05) is 39.8 Å². The Morgan fingerprint density at radius 3 is 3.05 bits per heavy atom. The lowest BCUT2D eigenvalue weighted by molar-refractivity contribution is 0.196. The maximum atomic E-state index is 13.1. The van der Waals surface area contributed by atoms with Crippen LogP contribution < -0.4 is 10.6 Å². The molecule has 0 amide bonds. The van der Waals surface area contributed by atoms with Gasteiger partial charge in [0.2, 0.25) is 0 Å². The Hall–Kier alpha value is -0.970. The predicted octanol–water partition coefficient (Wildman–Crippen LogP) is 1.17. The van der Waals surface area contributed by atoms with E-state index in [0.717, 1.165) is 44.7 Å². The summed E-state index contributed by atoms with van der Waals surface area (Å²) in [6.07, 6.45) is 0.949. The number of halogens is 1. The summed E-state index contributed by atoms with van der Waals surface area (Å²) in [6, 6.07) is 5.94. The largest absolute Gasteiger partial charge is 0.315 e. The molecule has 1 aliphatic heterocycles. The van der Waals surface area contributed by atoms with Gasteiger partial charge in [-0.05, 0) is 44.1 Å². The average molecular weight is 265 g/mol. The molecule has 19 heavy (non-hydrogen) atoms. The maximum absolute atomic E-state index is 13.1. The van der Waals surface area contributed by atoms with Crippen LogP contribution in [0.15, 0.2) is 18.2 Å². The molecule has 1 aromatic carbocycles. The summed E-state index contributed by atoms with van der Waals surface area (Å²) >= 11 is 0. The summed E-state index contributed by atoms with van der Waals surface area (Å²) in [5, 5.41) is 6.91. The van der Waals surface area contributed by atoms with Gasteiger partial charge >= 0.3 is 0 Å². The summed E-state index contributed by atoms with van der Waals surface area (Å²) in [5.74, 6) is -0.119. The first kappa shape index (κ1) is 14.4. The minimum atomic E-state index is -0.119. The van der Waals surface area contributed by atoms with E-state index in [1.54, 1.807) is 6.07 Å². The number of piperazine rings is 1. The van der Waals surface area contributed by atoms with Crippen LogP contribution in [0.1, 0.15) is 11.1 Å². The van der Waals surface area contributed by atoms with Crippen molar-refractivity contribution in [2.24, 2.45) is 0 Å². The molecule has 2 rings (SSSR count). The van der Waals surface area contributed by atoms with Crippen LogP contribution in [-0.4, -0.2) is 50.7 Å². The molecule has 1 atom stereocenters. The minimum Gasteiger partial charge on any atom is -0.315 e. The number of aryl methyl sites for hydroxylation is 1. The maximum Gasteiger partial charge on any atom is 0.126 e. The van der Waals surface area contributed by atoms with Gasteiger partial charge in [-0.15, -0.1) is 0 Å². The van der Waals surface area contributed by atoms with Crippen LogP contribution in [-0.2, 0) is 6.42 Å². The number of benzene rings is 1. The van der Waals surface area contributed by atoms with E-state index < -0.39 is 0 Å². The second-order valence-corrected chi connectivity index (χ2v) is 5.38. The first-order valence-electron chi connectivity index (χ1n) is 7.03. The quantitative estimate of drug-likeness (QED) is 0.783. The molecule has 0 aliphatic carbocycles. The Morgan fingerprint density at radius 1 is 1.47 bits per heavy atom. The number of hydrogen-bond acceptors (Lipinski definition) is 3. The third-order valence-electron chi connectivity index (χ3n) is 3.84. The van der Waals surface area contributed by atoms with E-state index in [2.05, 4.69) is 22.6 Å². The number of hydrogen-bond donors (Lipinski definition) is 2. The van der Waals surface area contributed by atoms with Crippen LogP contribution in [0.3, 0.4) is 0 Å². The first-order valence-corrected chi connectivity index (χ1v) is 7.03. The fraction of sp³-hybridized carbons (Fsp3) is 0.600. The van der Waals surface area contributed by atoms with E-state index in [1.807, 2.05) is 19.1 Å². The Morgan fingerprint density at radius 2 is 2.32 bits per heavy atom. The lowest BCUT2D eigenvalue weighted by Crippen LogP contribution is -2.53. The van der Waals surface area contributed by atoms with Crippen LogP contribution in [0.2, 0.25) is 0 Å². The summed E-state index contributed by atoms with van der Waals surface area (Å²) in [6.45, 7) is 7.01. The highest BCUT2D eigenvalue weighted by molar-refractivity contribution is 5.24. The van der Waals surface area contributed by atoms with Crippen LogP contribution >= 0.6 is 0 Å². The summed E-state index contributed by atoms with van der Waals surface area (Å²) in [7, 11) is 2.18.